The van der Waals surface area contributed by atoms with Crippen LogP contribution in [0.15, 0.2) is 4.60 Å². The third kappa shape index (κ3) is 1.57. The van der Waals surface area contributed by atoms with Gasteiger partial charge in [0.15, 0.2) is 0 Å². The summed E-state index contributed by atoms with van der Waals surface area (Å²) in [6.07, 6.45) is 0.721. The van der Waals surface area contributed by atoms with Crippen molar-refractivity contribution in [3.63, 3.8) is 0 Å². The molecule has 3 N–H and O–H groups in total. The highest BCUT2D eigenvalue weighted by Crippen LogP contribution is 2.27. The van der Waals surface area contributed by atoms with Crippen molar-refractivity contribution in [3.8, 4) is 0 Å². The molecule has 1 aromatic heterocycles. The number of carboxylic acids is 1. The van der Waals surface area contributed by atoms with Gasteiger partial charge in [-0.25, -0.2) is 4.98 Å². The maximum Gasteiger partial charge on any atom is 0.324 e. The molecule has 15 heavy (non-hydrogen) atoms. The number of carbonyl (C=O) groups is 1. The minimum atomic E-state index is -1.16. The Morgan fingerprint density at radius 1 is 1.73 bits per heavy atom. The molecule has 2 rings (SSSR count). The fourth-order valence-corrected chi connectivity index (χ4v) is 2.31. The van der Waals surface area contributed by atoms with Gasteiger partial charge in [0.05, 0.1) is 5.69 Å². The van der Waals surface area contributed by atoms with Crippen LogP contribution in [-0.4, -0.2) is 26.2 Å². The first-order valence-corrected chi connectivity index (χ1v) is 5.47. The maximum atomic E-state index is 11.0. The lowest BCUT2D eigenvalue weighted by molar-refractivity contribution is -0.144. The lowest BCUT2D eigenvalue weighted by Gasteiger charge is -2.29. The van der Waals surface area contributed by atoms with Gasteiger partial charge in [-0.3, -0.25) is 4.79 Å². The molecule has 0 bridgehead atoms. The van der Waals surface area contributed by atoms with E-state index in [1.54, 1.807) is 0 Å². The van der Waals surface area contributed by atoms with Crippen LogP contribution >= 0.6 is 15.9 Å². The van der Waals surface area contributed by atoms with Crippen LogP contribution in [0.4, 0.5) is 0 Å². The van der Waals surface area contributed by atoms with E-state index in [2.05, 4.69) is 20.9 Å². The highest BCUT2D eigenvalue weighted by molar-refractivity contribution is 9.10. The van der Waals surface area contributed by atoms with Gasteiger partial charge < -0.3 is 15.4 Å². The summed E-state index contributed by atoms with van der Waals surface area (Å²) < 4.78 is 2.90. The number of nitrogens with zero attached hydrogens (tertiary/aromatic N) is 2. The van der Waals surface area contributed by atoms with E-state index in [-0.39, 0.29) is 6.42 Å². The third-order valence-electron chi connectivity index (χ3n) is 2.82. The maximum absolute atomic E-state index is 11.0. The van der Waals surface area contributed by atoms with Gasteiger partial charge in [0.2, 0.25) is 0 Å². The molecular formula is C9H12BrN3O2. The first kappa shape index (κ1) is 10.6. The molecule has 0 fully saturated rings. The normalized spacial score (nSPS) is 25.0. The van der Waals surface area contributed by atoms with Crippen LogP contribution in [0.5, 0.6) is 0 Å². The number of hydrogen-bond donors (Lipinski definition) is 2. The number of aliphatic carboxylic acids is 1. The summed E-state index contributed by atoms with van der Waals surface area (Å²) >= 11 is 3.42. The molecule has 0 amide bonds. The van der Waals surface area contributed by atoms with Crippen LogP contribution < -0.4 is 5.73 Å². The van der Waals surface area contributed by atoms with Gasteiger partial charge in [0, 0.05) is 13.0 Å². The molecule has 2 heterocycles. The molecule has 0 saturated carbocycles. The Morgan fingerprint density at radius 3 is 3.00 bits per heavy atom. The minimum Gasteiger partial charge on any atom is -0.480 e. The zero-order valence-electron chi connectivity index (χ0n) is 8.33. The summed E-state index contributed by atoms with van der Waals surface area (Å²) in [5.74, 6) is -0.207. The van der Waals surface area contributed by atoms with Crippen molar-refractivity contribution in [2.45, 2.75) is 31.8 Å². The van der Waals surface area contributed by atoms with Crippen molar-refractivity contribution >= 4 is 21.9 Å². The van der Waals surface area contributed by atoms with Crippen molar-refractivity contribution in [2.75, 3.05) is 0 Å². The number of nitrogens with two attached hydrogens (primary N) is 1. The first-order chi connectivity index (χ1) is 6.94. The molecule has 0 aromatic carbocycles. The van der Waals surface area contributed by atoms with E-state index in [0.717, 1.165) is 16.1 Å². The number of rotatable bonds is 1. The zero-order chi connectivity index (χ0) is 11.2. The molecule has 0 spiro atoms. The average molecular weight is 274 g/mol. The summed E-state index contributed by atoms with van der Waals surface area (Å²) in [5.41, 5.74) is 5.52. The van der Waals surface area contributed by atoms with Crippen molar-refractivity contribution in [1.29, 1.82) is 0 Å². The van der Waals surface area contributed by atoms with Crippen molar-refractivity contribution in [1.82, 2.24) is 9.55 Å². The fraction of sp³-hybridized carbons (Fsp3) is 0.556. The molecule has 6 heteroatoms. The van der Waals surface area contributed by atoms with E-state index in [9.17, 15) is 4.79 Å². The molecule has 1 atom stereocenters. The number of imidazole rings is 1. The van der Waals surface area contributed by atoms with Crippen LogP contribution in [-0.2, 0) is 17.8 Å². The Labute approximate surface area is 95.4 Å². The van der Waals surface area contributed by atoms with E-state index in [1.165, 1.54) is 0 Å². The van der Waals surface area contributed by atoms with Gasteiger partial charge in [0.25, 0.3) is 0 Å². The summed E-state index contributed by atoms with van der Waals surface area (Å²) in [6.45, 7) is 2.48. The van der Waals surface area contributed by atoms with Gasteiger partial charge in [-0.15, -0.1) is 0 Å². The number of halogens is 1. The quantitative estimate of drug-likeness (QED) is 0.789. The van der Waals surface area contributed by atoms with E-state index in [1.807, 2.05) is 11.5 Å². The lowest BCUT2D eigenvalue weighted by atomic mass is 9.89. The van der Waals surface area contributed by atoms with Gasteiger partial charge in [-0.05, 0) is 29.3 Å². The van der Waals surface area contributed by atoms with Crippen molar-refractivity contribution < 1.29 is 9.90 Å². The smallest absolute Gasteiger partial charge is 0.324 e. The Kier molecular flexibility index (Phi) is 2.35. The highest BCUT2D eigenvalue weighted by Gasteiger charge is 2.39. The average Bonchev–Trinajstić information content (AvgIpc) is 2.42. The topological polar surface area (TPSA) is 81.1 Å². The Balaban J connectivity index is 2.39. The third-order valence-corrected chi connectivity index (χ3v) is 3.83. The summed E-state index contributed by atoms with van der Waals surface area (Å²) in [5, 5.41) is 9.03. The van der Waals surface area contributed by atoms with E-state index < -0.39 is 11.5 Å². The molecule has 0 aliphatic carbocycles. The van der Waals surface area contributed by atoms with Gasteiger partial charge >= 0.3 is 5.97 Å². The monoisotopic (exact) mass is 273 g/mol. The standard InChI is InChI=1S/C9H12BrN3O2/c1-5-7(10)13-3-2-9(11,8(14)15)4-6(13)12-5/h2-4,11H2,1H3,(H,14,15). The van der Waals surface area contributed by atoms with E-state index >= 15 is 0 Å². The molecule has 5 nitrogen and oxygen atoms in total. The summed E-state index contributed by atoms with van der Waals surface area (Å²) in [6, 6.07) is 0. The molecular weight excluding hydrogens is 262 g/mol. The summed E-state index contributed by atoms with van der Waals surface area (Å²) in [7, 11) is 0. The second-order valence-corrected chi connectivity index (χ2v) is 4.70. The van der Waals surface area contributed by atoms with Crippen molar-refractivity contribution in [3.05, 3.63) is 16.1 Å². The van der Waals surface area contributed by atoms with Gasteiger partial charge in [-0.1, -0.05) is 0 Å². The number of fused-ring (bicyclic) bond motifs is 1. The largest absolute Gasteiger partial charge is 0.480 e. The molecule has 0 saturated heterocycles. The summed E-state index contributed by atoms with van der Waals surface area (Å²) in [4.78, 5) is 15.3. The van der Waals surface area contributed by atoms with Gasteiger partial charge in [-0.2, -0.15) is 0 Å². The Morgan fingerprint density at radius 2 is 2.40 bits per heavy atom. The predicted molar refractivity (Wildman–Crippen MR) is 57.5 cm³/mol. The number of aromatic nitrogens is 2. The van der Waals surface area contributed by atoms with E-state index in [0.29, 0.717) is 13.0 Å². The molecule has 0 radical (unpaired) electrons. The second kappa shape index (κ2) is 3.31. The zero-order valence-corrected chi connectivity index (χ0v) is 9.91. The van der Waals surface area contributed by atoms with Crippen LogP contribution in [0.3, 0.4) is 0 Å². The second-order valence-electron chi connectivity index (χ2n) is 3.94. The van der Waals surface area contributed by atoms with Crippen LogP contribution in [0.25, 0.3) is 0 Å². The number of aryl methyl sites for hydroxylation is 1. The Hall–Kier alpha value is -0.880. The molecule has 1 aliphatic heterocycles. The molecule has 1 unspecified atom stereocenters. The SMILES string of the molecule is Cc1nc2n(c1Br)CCC(N)(C(=O)O)C2. The molecule has 1 aromatic rings. The molecule has 82 valence electrons. The minimum absolute atomic E-state index is 0.286. The van der Waals surface area contributed by atoms with Crippen molar-refractivity contribution in [2.24, 2.45) is 5.73 Å². The van der Waals surface area contributed by atoms with Crippen LogP contribution in [0, 0.1) is 6.92 Å². The number of hydrogen-bond acceptors (Lipinski definition) is 3. The first-order valence-electron chi connectivity index (χ1n) is 4.68. The Bertz CT molecular complexity index is 429. The predicted octanol–water partition coefficient (Wildman–Crippen LogP) is 0.682. The van der Waals surface area contributed by atoms with Gasteiger partial charge in [0.1, 0.15) is 16.0 Å². The fourth-order valence-electron chi connectivity index (χ4n) is 1.84. The highest BCUT2D eigenvalue weighted by atomic mass is 79.9. The van der Waals surface area contributed by atoms with E-state index in [4.69, 9.17) is 10.8 Å². The molecule has 1 aliphatic rings. The number of carboxylic acid groups (broad SMARTS) is 1. The van der Waals surface area contributed by atoms with Crippen LogP contribution in [0.2, 0.25) is 0 Å². The lowest BCUT2D eigenvalue weighted by Crippen LogP contribution is -2.53. The van der Waals surface area contributed by atoms with Crippen LogP contribution in [0.1, 0.15) is 17.9 Å².